The van der Waals surface area contributed by atoms with E-state index in [9.17, 15) is 8.76 Å². The van der Waals surface area contributed by atoms with Crippen LogP contribution in [0.5, 0.6) is 0 Å². The average Bonchev–Trinajstić information content (AvgIpc) is 1.64. The Balaban J connectivity index is 3.95. The van der Waals surface area contributed by atoms with Crippen LogP contribution >= 0.6 is 7.91 Å². The van der Waals surface area contributed by atoms with Gasteiger partial charge in [0.15, 0.2) is 0 Å². The van der Waals surface area contributed by atoms with E-state index in [4.69, 9.17) is 0 Å². The number of hydrogen-bond acceptors (Lipinski definition) is 3. The Bertz CT molecular complexity index is 191. The summed E-state index contributed by atoms with van der Waals surface area (Å²) < 4.78 is 29.0. The Labute approximate surface area is 51.8 Å². The first-order chi connectivity index (χ1) is 4.12. The second-order valence-electron chi connectivity index (χ2n) is 0.849. The molecule has 0 saturated carbocycles. The molecule has 0 atom stereocenters. The highest BCUT2D eigenvalue weighted by molar-refractivity contribution is 7.48. The first kappa shape index (κ1) is 7.88. The summed E-state index contributed by atoms with van der Waals surface area (Å²) in [6.07, 6.45) is 11.5. The van der Waals surface area contributed by atoms with Crippen LogP contribution in [-0.4, -0.2) is 0 Å². The fourth-order valence-corrected chi connectivity index (χ4v) is 0.434. The van der Waals surface area contributed by atoms with E-state index in [-0.39, 0.29) is 0 Å². The second-order valence-corrected chi connectivity index (χ2v) is 2.08. The van der Waals surface area contributed by atoms with Crippen molar-refractivity contribution >= 4 is 7.91 Å². The normalized spacial score (nSPS) is 8.78. The van der Waals surface area contributed by atoms with Gasteiger partial charge in [0.1, 0.15) is 12.2 Å². The van der Waals surface area contributed by atoms with Crippen LogP contribution in [0.4, 0.5) is 4.20 Å². The third kappa shape index (κ3) is 3.46. The van der Waals surface area contributed by atoms with Gasteiger partial charge < -0.3 is 9.05 Å². The average molecular weight is 148 g/mol. The summed E-state index contributed by atoms with van der Waals surface area (Å²) in [5.41, 5.74) is 0. The van der Waals surface area contributed by atoms with E-state index in [1.54, 1.807) is 0 Å². The van der Waals surface area contributed by atoms with E-state index in [0.717, 1.165) is 0 Å². The fraction of sp³-hybridized carbons (Fsp3) is 0. The lowest BCUT2D eigenvalue weighted by atomic mass is 11.3. The van der Waals surface area contributed by atoms with E-state index in [2.05, 4.69) is 21.9 Å². The molecule has 5 heteroatoms. The molecule has 0 amide bonds. The minimum Gasteiger partial charge on any atom is -0.338 e. The minimum absolute atomic E-state index is 1.33. The molecule has 0 aromatic rings. The third-order valence-electron chi connectivity index (χ3n) is 0.323. The van der Waals surface area contributed by atoms with Gasteiger partial charge in [0.25, 0.3) is 0 Å². The second kappa shape index (κ2) is 3.02. The van der Waals surface area contributed by atoms with Gasteiger partial charge in [-0.3, -0.25) is 0 Å². The number of hydrogen-bond donors (Lipinski definition) is 0. The molecule has 0 N–H and O–H groups in total. The summed E-state index contributed by atoms with van der Waals surface area (Å²) in [6.45, 7) is 0. The van der Waals surface area contributed by atoms with E-state index in [1.807, 2.05) is 0 Å². The maximum atomic E-state index is 11.9. The summed E-state index contributed by atoms with van der Waals surface area (Å²) in [4.78, 5) is 0. The first-order valence-corrected chi connectivity index (χ1v) is 3.14. The number of rotatable bonds is 2. The van der Waals surface area contributed by atoms with E-state index >= 15 is 0 Å². The monoisotopic (exact) mass is 148 g/mol. The molecule has 48 valence electrons. The zero-order valence-corrected chi connectivity index (χ0v) is 5.10. The van der Waals surface area contributed by atoms with Gasteiger partial charge in [0, 0.05) is 0 Å². The summed E-state index contributed by atoms with van der Waals surface area (Å²) in [5.74, 6) is 0. The highest BCUT2D eigenvalue weighted by Gasteiger charge is 2.24. The maximum Gasteiger partial charge on any atom is 0.646 e. The van der Waals surface area contributed by atoms with Crippen molar-refractivity contribution in [2.24, 2.45) is 0 Å². The zero-order valence-electron chi connectivity index (χ0n) is 4.20. The van der Waals surface area contributed by atoms with Gasteiger partial charge in [-0.15, -0.1) is 4.20 Å². The molecule has 0 fully saturated rings. The Morgan fingerprint density at radius 1 is 1.33 bits per heavy atom. The SMILES string of the molecule is C#COP(=O)(F)OC#C. The predicted octanol–water partition coefficient (Wildman–Crippen LogP) is 1.28. The van der Waals surface area contributed by atoms with Crippen molar-refractivity contribution in [3.63, 3.8) is 0 Å². The van der Waals surface area contributed by atoms with Crippen molar-refractivity contribution in [2.45, 2.75) is 0 Å². The molecule has 0 unspecified atom stereocenters. The molecule has 0 aromatic heterocycles. The minimum atomic E-state index is -4.66. The molecule has 0 bridgehead atoms. The highest BCUT2D eigenvalue weighted by atomic mass is 31.2. The Kier molecular flexibility index (Phi) is 2.64. The van der Waals surface area contributed by atoms with Crippen LogP contribution in [0, 0.1) is 25.1 Å². The summed E-state index contributed by atoms with van der Waals surface area (Å²) in [5, 5.41) is 0. The van der Waals surface area contributed by atoms with Crippen LogP contribution in [0.1, 0.15) is 0 Å². The van der Waals surface area contributed by atoms with Gasteiger partial charge in [-0.05, 0) is 0 Å². The molecule has 0 aliphatic carbocycles. The molecule has 0 radical (unpaired) electrons. The molecule has 0 heterocycles. The van der Waals surface area contributed by atoms with Crippen LogP contribution in [0.15, 0.2) is 0 Å². The van der Waals surface area contributed by atoms with Crippen LogP contribution in [-0.2, 0) is 13.6 Å². The molecular weight excluding hydrogens is 146 g/mol. The largest absolute Gasteiger partial charge is 0.646 e. The van der Waals surface area contributed by atoms with Crippen molar-refractivity contribution in [3.8, 4) is 25.1 Å². The van der Waals surface area contributed by atoms with E-state index in [1.165, 1.54) is 12.2 Å². The molecule has 3 nitrogen and oxygen atoms in total. The number of terminal acetylenes is 2. The van der Waals surface area contributed by atoms with Gasteiger partial charge >= 0.3 is 7.91 Å². The fourth-order valence-electron chi connectivity index (χ4n) is 0.145. The first-order valence-electron chi connectivity index (χ1n) is 1.70. The topological polar surface area (TPSA) is 35.5 Å². The summed E-state index contributed by atoms with van der Waals surface area (Å²) in [6, 6.07) is 0. The van der Waals surface area contributed by atoms with Crippen LogP contribution in [0.3, 0.4) is 0 Å². The van der Waals surface area contributed by atoms with Crippen molar-refractivity contribution in [1.82, 2.24) is 0 Å². The highest BCUT2D eigenvalue weighted by Crippen LogP contribution is 2.48. The lowest BCUT2D eigenvalue weighted by molar-refractivity contribution is 0.307. The van der Waals surface area contributed by atoms with E-state index in [0.29, 0.717) is 0 Å². The Hall–Kier alpha value is -1.12. The standard InChI is InChI=1S/C4H2FO3P/c1-3-7-9(5,6)8-4-2/h1-2H. The van der Waals surface area contributed by atoms with Crippen LogP contribution < -0.4 is 0 Å². The smallest absolute Gasteiger partial charge is 0.338 e. The lowest BCUT2D eigenvalue weighted by Crippen LogP contribution is -1.77. The van der Waals surface area contributed by atoms with Gasteiger partial charge in [0.2, 0.25) is 0 Å². The van der Waals surface area contributed by atoms with Crippen molar-refractivity contribution < 1.29 is 17.8 Å². The molecule has 0 rings (SSSR count). The number of halogens is 1. The van der Waals surface area contributed by atoms with Gasteiger partial charge in [-0.1, -0.05) is 12.8 Å². The molecule has 0 aliphatic rings. The molecule has 0 saturated heterocycles. The molecule has 0 spiro atoms. The Morgan fingerprint density at radius 2 is 1.67 bits per heavy atom. The van der Waals surface area contributed by atoms with E-state index < -0.39 is 7.91 Å². The predicted molar refractivity (Wildman–Crippen MR) is 28.6 cm³/mol. The van der Waals surface area contributed by atoms with Gasteiger partial charge in [0.05, 0.1) is 0 Å². The summed E-state index contributed by atoms with van der Waals surface area (Å²) in [7, 11) is -4.66. The van der Waals surface area contributed by atoms with Gasteiger partial charge in [-0.25, -0.2) is 4.57 Å². The van der Waals surface area contributed by atoms with Crippen molar-refractivity contribution in [1.29, 1.82) is 0 Å². The van der Waals surface area contributed by atoms with Crippen LogP contribution in [0.25, 0.3) is 0 Å². The zero-order chi connectivity index (χ0) is 7.33. The maximum absolute atomic E-state index is 11.9. The molecule has 9 heavy (non-hydrogen) atoms. The van der Waals surface area contributed by atoms with Crippen LogP contribution in [0.2, 0.25) is 0 Å². The quantitative estimate of drug-likeness (QED) is 0.437. The summed E-state index contributed by atoms with van der Waals surface area (Å²) >= 11 is 0. The molecule has 0 aromatic carbocycles. The lowest BCUT2D eigenvalue weighted by Gasteiger charge is -1.97. The van der Waals surface area contributed by atoms with Crippen molar-refractivity contribution in [2.75, 3.05) is 0 Å². The molecular formula is C4H2FO3P. The van der Waals surface area contributed by atoms with Crippen molar-refractivity contribution in [3.05, 3.63) is 0 Å². The molecule has 0 aliphatic heterocycles. The van der Waals surface area contributed by atoms with Gasteiger partial charge in [-0.2, -0.15) is 0 Å². The Morgan fingerprint density at radius 3 is 1.89 bits per heavy atom. The third-order valence-corrected chi connectivity index (χ3v) is 0.970.